The van der Waals surface area contributed by atoms with E-state index in [9.17, 15) is 0 Å². The third-order valence-corrected chi connectivity index (χ3v) is 0.122. The molecule has 9 nitrogen and oxygen atoms in total. The zero-order valence-electron chi connectivity index (χ0n) is 9.45. The molecule has 0 aliphatic heterocycles. The number of carbonyl (C=O) groups is 3. The Hall–Kier alpha value is 0.290. The molecule has 0 fully saturated rings. The molecular formula is C6H18Na2O9. The van der Waals surface area contributed by atoms with Crippen LogP contribution in [0.4, 0.5) is 0 Å². The van der Waals surface area contributed by atoms with Crippen molar-refractivity contribution < 1.29 is 107 Å². The summed E-state index contributed by atoms with van der Waals surface area (Å²) in [5.74, 6) is 0. The van der Waals surface area contributed by atoms with Crippen LogP contribution in [0.3, 0.4) is 0 Å². The van der Waals surface area contributed by atoms with Crippen LogP contribution in [-0.2, 0) is 29.0 Å². The summed E-state index contributed by atoms with van der Waals surface area (Å²) >= 11 is 0. The average molecular weight is 280 g/mol. The standard InChI is InChI=1S/3CH2O3.3CH4.2Na.H/c3*2-1-4-3;;;;;;/h3*1,3H;3*1H4;;;/q;;;;;;2*+1;-1/p-1. The van der Waals surface area contributed by atoms with Gasteiger partial charge in [0.2, 0.25) is 0 Å². The molecule has 17 heavy (non-hydrogen) atoms. The summed E-state index contributed by atoms with van der Waals surface area (Å²) in [6.45, 7) is -0.431. The molecule has 0 rings (SSSR count). The first kappa shape index (κ1) is 53.2. The van der Waals surface area contributed by atoms with Gasteiger partial charge in [0.05, 0.1) is 0 Å². The summed E-state index contributed by atoms with van der Waals surface area (Å²) in [5.41, 5.74) is 0. The van der Waals surface area contributed by atoms with Crippen LogP contribution in [0.5, 0.6) is 0 Å². The van der Waals surface area contributed by atoms with Crippen molar-refractivity contribution in [1.82, 2.24) is 0 Å². The number of carbonyl (C=O) groups excluding carboxylic acids is 3. The van der Waals surface area contributed by atoms with E-state index in [0.717, 1.165) is 0 Å². The van der Waals surface area contributed by atoms with Crippen LogP contribution in [0, 0.1) is 0 Å². The van der Waals surface area contributed by atoms with Gasteiger partial charge in [-0.2, -0.15) is 0 Å². The summed E-state index contributed by atoms with van der Waals surface area (Å²) < 4.78 is 0. The molecule has 0 heterocycles. The molecular weight excluding hydrogens is 262 g/mol. The fraction of sp³-hybridized carbons (Fsp3) is 0.500. The molecule has 0 aliphatic carbocycles. The van der Waals surface area contributed by atoms with Gasteiger partial charge >= 0.3 is 67.0 Å². The van der Waals surface area contributed by atoms with Crippen LogP contribution >= 0.6 is 0 Å². The van der Waals surface area contributed by atoms with Gasteiger partial charge < -0.3 is 26.6 Å². The van der Waals surface area contributed by atoms with Gasteiger partial charge in [0.15, 0.2) is 0 Å². The predicted molar refractivity (Wildman–Crippen MR) is 46.5 cm³/mol. The smallest absolute Gasteiger partial charge is 1.00 e. The Morgan fingerprint density at radius 3 is 1.00 bits per heavy atom. The van der Waals surface area contributed by atoms with Crippen molar-refractivity contribution in [2.45, 2.75) is 22.3 Å². The molecule has 0 aliphatic rings. The van der Waals surface area contributed by atoms with Crippen LogP contribution in [0.15, 0.2) is 0 Å². The Balaban J connectivity index is -0.00000000675. The molecule has 1 N–H and O–H groups in total. The molecule has 0 unspecified atom stereocenters. The van der Waals surface area contributed by atoms with Gasteiger partial charge in [-0.25, -0.2) is 5.26 Å². The predicted octanol–water partition coefficient (Wildman–Crippen LogP) is -7.36. The van der Waals surface area contributed by atoms with Gasteiger partial charge in [0, 0.05) is 0 Å². The van der Waals surface area contributed by atoms with E-state index in [2.05, 4.69) is 14.7 Å². The Morgan fingerprint density at radius 2 is 1.00 bits per heavy atom. The monoisotopic (exact) mass is 280 g/mol. The van der Waals surface area contributed by atoms with Crippen molar-refractivity contribution in [3.63, 3.8) is 0 Å². The van der Waals surface area contributed by atoms with Crippen molar-refractivity contribution in [3.05, 3.63) is 0 Å². The second-order valence-corrected chi connectivity index (χ2v) is 0.587. The Kier molecular flexibility index (Phi) is 301. The number of hydrogen-bond acceptors (Lipinski definition) is 9. The van der Waals surface area contributed by atoms with Crippen LogP contribution in [0.2, 0.25) is 0 Å². The fourth-order valence-electron chi connectivity index (χ4n) is 0. The topological polar surface area (TPSA) is 145 Å². The first-order chi connectivity index (χ1) is 5.74. The molecule has 98 valence electrons. The zero-order chi connectivity index (χ0) is 10.2. The second kappa shape index (κ2) is 96.3. The van der Waals surface area contributed by atoms with Gasteiger partial charge in [-0.05, 0) is 0 Å². The molecule has 11 heteroatoms. The summed E-state index contributed by atoms with van der Waals surface area (Å²) in [4.78, 5) is 34.1. The molecule has 0 aromatic carbocycles. The second-order valence-electron chi connectivity index (χ2n) is 0.587. The molecule has 0 spiro atoms. The molecule has 0 atom stereocenters. The number of hydrogen-bond donors (Lipinski definition) is 1. The average Bonchev–Trinajstić information content (AvgIpc) is 2.18. The first-order valence-electron chi connectivity index (χ1n) is 1.93. The molecule has 0 amide bonds. The molecule has 0 saturated heterocycles. The van der Waals surface area contributed by atoms with Crippen LogP contribution in [0.25, 0.3) is 0 Å². The normalized spacial score (nSPS) is 3.71. The van der Waals surface area contributed by atoms with Crippen LogP contribution < -0.4 is 69.6 Å². The summed E-state index contributed by atoms with van der Waals surface area (Å²) in [6.07, 6.45) is 0. The Bertz CT molecular complexity index is 93.7. The third-order valence-electron chi connectivity index (χ3n) is 0.122. The maximum atomic E-state index is 8.70. The molecule has 0 radical (unpaired) electrons. The summed E-state index contributed by atoms with van der Waals surface area (Å²) in [6, 6.07) is 0. The van der Waals surface area contributed by atoms with E-state index in [1.165, 1.54) is 0 Å². The summed E-state index contributed by atoms with van der Waals surface area (Å²) in [5, 5.41) is 23.9. The third kappa shape index (κ3) is 307. The number of rotatable bonds is 3. The minimum absolute atomic E-state index is 0. The van der Waals surface area contributed by atoms with Gasteiger partial charge in [0.1, 0.15) is 0 Å². The van der Waals surface area contributed by atoms with Crippen LogP contribution in [0.1, 0.15) is 25.1 Å². The minimum Gasteiger partial charge on any atom is -1.00 e. The minimum atomic E-state index is -0.181. The summed E-state index contributed by atoms with van der Waals surface area (Å²) in [7, 11) is 0. The van der Waals surface area contributed by atoms with Crippen molar-refractivity contribution in [1.29, 1.82) is 0 Å². The maximum absolute atomic E-state index is 8.70. The molecule has 0 aromatic heterocycles. The zero-order valence-corrected chi connectivity index (χ0v) is 11.4. The van der Waals surface area contributed by atoms with Gasteiger partial charge in [-0.1, -0.05) is 22.3 Å². The first-order valence-corrected chi connectivity index (χ1v) is 1.93. The van der Waals surface area contributed by atoms with Gasteiger partial charge in [-0.15, -0.1) is 0 Å². The van der Waals surface area contributed by atoms with Gasteiger partial charge in [0.25, 0.3) is 12.9 Å². The van der Waals surface area contributed by atoms with Crippen molar-refractivity contribution in [3.8, 4) is 0 Å². The Labute approximate surface area is 147 Å². The Morgan fingerprint density at radius 1 is 0.882 bits per heavy atom. The van der Waals surface area contributed by atoms with E-state index in [1.54, 1.807) is 0 Å². The van der Waals surface area contributed by atoms with Crippen LogP contribution in [-0.4, -0.2) is 24.7 Å². The quantitative estimate of drug-likeness (QED) is 0.230. The fourth-order valence-corrected chi connectivity index (χ4v) is 0. The SMILES string of the molecule is C.C.C.O=COO.O=CO[O-].O=CO[O-].[H+].[H-].[Na+].[Na+]. The molecule has 0 aromatic rings. The maximum Gasteiger partial charge on any atom is 1.00 e. The molecule has 0 bridgehead atoms. The van der Waals surface area contributed by atoms with E-state index in [0.29, 0.717) is 0 Å². The van der Waals surface area contributed by atoms with Crippen molar-refractivity contribution >= 4 is 19.4 Å². The molecule has 0 saturated carbocycles. The van der Waals surface area contributed by atoms with Crippen molar-refractivity contribution in [2.24, 2.45) is 0 Å². The van der Waals surface area contributed by atoms with E-state index in [-0.39, 0.29) is 104 Å². The van der Waals surface area contributed by atoms with Gasteiger partial charge in [-0.3, -0.25) is 14.4 Å². The van der Waals surface area contributed by atoms with E-state index in [1.807, 2.05) is 0 Å². The van der Waals surface area contributed by atoms with E-state index < -0.39 is 0 Å². The largest absolute Gasteiger partial charge is 1.00 e. The van der Waals surface area contributed by atoms with E-state index >= 15 is 0 Å². The van der Waals surface area contributed by atoms with Crippen molar-refractivity contribution in [2.75, 3.05) is 0 Å². The van der Waals surface area contributed by atoms with E-state index in [4.69, 9.17) is 30.2 Å².